The number of amides is 3. The highest BCUT2D eigenvalue weighted by atomic mass is 16.5. The number of likely N-dealkylation sites (tertiary alicyclic amines) is 1. The van der Waals surface area contributed by atoms with E-state index in [1.807, 2.05) is 44.3 Å². The number of hydrogen-bond donors (Lipinski definition) is 3. The van der Waals surface area contributed by atoms with Crippen LogP contribution < -0.4 is 16.0 Å². The van der Waals surface area contributed by atoms with E-state index in [0.717, 1.165) is 60.9 Å². The van der Waals surface area contributed by atoms with Gasteiger partial charge in [-0.15, -0.1) is 0 Å². The van der Waals surface area contributed by atoms with Crippen molar-refractivity contribution >= 4 is 30.1 Å². The molecule has 0 spiro atoms. The SMILES string of the molecule is CC(C)C.CC1=C(c2ccc(CNC=O)cc2)NCC=N1.CCOCCC(=O)NCC(=O)N1CCCC1. The van der Waals surface area contributed by atoms with Crippen LogP contribution in [0.25, 0.3) is 5.70 Å². The molecule has 206 valence electrons. The van der Waals surface area contributed by atoms with Gasteiger partial charge >= 0.3 is 0 Å². The molecule has 0 unspecified atom stereocenters. The highest BCUT2D eigenvalue weighted by molar-refractivity contribution is 5.84. The van der Waals surface area contributed by atoms with Gasteiger partial charge in [-0.25, -0.2) is 0 Å². The largest absolute Gasteiger partial charge is 0.381 e. The lowest BCUT2D eigenvalue weighted by molar-refractivity contribution is -0.132. The topological polar surface area (TPSA) is 112 Å². The molecule has 3 amide bonds. The Morgan fingerprint density at radius 3 is 2.38 bits per heavy atom. The molecule has 1 aromatic carbocycles. The first-order valence-corrected chi connectivity index (χ1v) is 13.1. The van der Waals surface area contributed by atoms with E-state index in [-0.39, 0.29) is 18.4 Å². The molecule has 1 saturated heterocycles. The molecule has 1 fully saturated rings. The normalized spacial score (nSPS) is 14.2. The lowest BCUT2D eigenvalue weighted by atomic mass is 10.1. The third-order valence-electron chi connectivity index (χ3n) is 5.22. The van der Waals surface area contributed by atoms with Gasteiger partial charge in [0.2, 0.25) is 18.2 Å². The summed E-state index contributed by atoms with van der Waals surface area (Å²) in [6, 6.07) is 8.08. The molecule has 37 heavy (non-hydrogen) atoms. The Kier molecular flexibility index (Phi) is 16.3. The van der Waals surface area contributed by atoms with Crippen molar-refractivity contribution in [2.45, 2.75) is 60.4 Å². The Labute approximate surface area is 222 Å². The smallest absolute Gasteiger partial charge is 0.241 e. The number of carbonyl (C=O) groups excluding carboxylic acids is 3. The second-order valence-corrected chi connectivity index (χ2v) is 9.39. The molecule has 9 heteroatoms. The number of ether oxygens (including phenoxy) is 1. The maximum absolute atomic E-state index is 11.6. The number of nitrogens with one attached hydrogen (secondary N) is 3. The van der Waals surface area contributed by atoms with E-state index >= 15 is 0 Å². The number of aliphatic imine (C=N–C) groups is 1. The summed E-state index contributed by atoms with van der Waals surface area (Å²) in [5.41, 5.74) is 4.27. The summed E-state index contributed by atoms with van der Waals surface area (Å²) in [7, 11) is 0. The van der Waals surface area contributed by atoms with Crippen LogP contribution in [0.4, 0.5) is 0 Å². The van der Waals surface area contributed by atoms with E-state index in [1.165, 1.54) is 0 Å². The monoisotopic (exact) mass is 515 g/mol. The van der Waals surface area contributed by atoms with Crippen LogP contribution in [-0.4, -0.2) is 68.7 Å². The Balaban J connectivity index is 0.000000324. The number of hydrogen-bond acceptors (Lipinski definition) is 6. The van der Waals surface area contributed by atoms with E-state index in [0.29, 0.717) is 32.6 Å². The Morgan fingerprint density at radius 2 is 1.81 bits per heavy atom. The van der Waals surface area contributed by atoms with Crippen molar-refractivity contribution in [2.24, 2.45) is 10.9 Å². The lowest BCUT2D eigenvalue weighted by Gasteiger charge is -2.15. The van der Waals surface area contributed by atoms with E-state index in [1.54, 1.807) is 4.90 Å². The van der Waals surface area contributed by atoms with Gasteiger partial charge in [0, 0.05) is 38.9 Å². The van der Waals surface area contributed by atoms with Gasteiger partial charge in [0.15, 0.2) is 0 Å². The summed E-state index contributed by atoms with van der Waals surface area (Å²) in [6.45, 7) is 14.5. The van der Waals surface area contributed by atoms with Crippen LogP contribution in [0.2, 0.25) is 0 Å². The van der Waals surface area contributed by atoms with Crippen LogP contribution in [0, 0.1) is 5.92 Å². The zero-order chi connectivity index (χ0) is 27.5. The fraction of sp³-hybridized carbons (Fsp3) is 0.571. The molecule has 3 rings (SSSR count). The first kappa shape index (κ1) is 31.8. The molecule has 0 bridgehead atoms. The van der Waals surface area contributed by atoms with Crippen molar-refractivity contribution in [3.63, 3.8) is 0 Å². The molecular formula is C28H45N5O4. The molecule has 9 nitrogen and oxygen atoms in total. The minimum atomic E-state index is -0.124. The van der Waals surface area contributed by atoms with Gasteiger partial charge in [-0.05, 0) is 43.7 Å². The number of benzene rings is 1. The molecular weight excluding hydrogens is 470 g/mol. The van der Waals surface area contributed by atoms with Crippen LogP contribution in [0.15, 0.2) is 35.0 Å². The van der Waals surface area contributed by atoms with Crippen molar-refractivity contribution < 1.29 is 19.1 Å². The molecule has 0 aliphatic carbocycles. The molecule has 2 aliphatic heterocycles. The van der Waals surface area contributed by atoms with E-state index in [9.17, 15) is 14.4 Å². The maximum Gasteiger partial charge on any atom is 0.241 e. The van der Waals surface area contributed by atoms with Crippen LogP contribution in [0.5, 0.6) is 0 Å². The molecule has 0 radical (unpaired) electrons. The predicted molar refractivity (Wildman–Crippen MR) is 149 cm³/mol. The standard InChI is InChI=1S/C13H15N3O.C11H20N2O3.C4H10/c1-10-13(16-7-6-15-10)12-4-2-11(3-5-12)8-14-9-17;1-2-16-8-5-10(14)12-9-11(15)13-6-3-4-7-13;1-4(2)3/h2-6,9,16H,7-8H2,1H3,(H,14,17);2-9H2,1H3,(H,12,14);4H,1-3H3. The van der Waals surface area contributed by atoms with Gasteiger partial charge in [0.05, 0.1) is 31.1 Å². The van der Waals surface area contributed by atoms with Crippen molar-refractivity contribution in [3.8, 4) is 0 Å². The zero-order valence-corrected chi connectivity index (χ0v) is 23.1. The van der Waals surface area contributed by atoms with Crippen molar-refractivity contribution in [1.82, 2.24) is 20.9 Å². The number of rotatable bonds is 10. The summed E-state index contributed by atoms with van der Waals surface area (Å²) in [5, 5.41) is 8.55. The number of nitrogens with zero attached hydrogens (tertiary/aromatic N) is 2. The Morgan fingerprint density at radius 1 is 1.16 bits per heavy atom. The molecule has 0 saturated carbocycles. The first-order valence-electron chi connectivity index (χ1n) is 13.1. The number of carbonyl (C=O) groups is 3. The van der Waals surface area contributed by atoms with Gasteiger partial charge in [-0.1, -0.05) is 45.0 Å². The minimum absolute atomic E-state index is 0.0160. The predicted octanol–water partition coefficient (Wildman–Crippen LogP) is 3.11. The van der Waals surface area contributed by atoms with Crippen LogP contribution in [-0.2, 0) is 25.7 Å². The highest BCUT2D eigenvalue weighted by Crippen LogP contribution is 2.18. The lowest BCUT2D eigenvalue weighted by Crippen LogP contribution is -2.38. The number of allylic oxidation sites excluding steroid dienone is 1. The Bertz CT molecular complexity index is 872. The molecule has 0 aromatic heterocycles. The summed E-state index contributed by atoms with van der Waals surface area (Å²) in [4.78, 5) is 39.1. The molecule has 3 N–H and O–H groups in total. The second kappa shape index (κ2) is 19.0. The van der Waals surface area contributed by atoms with Gasteiger partial charge in [-0.3, -0.25) is 19.4 Å². The van der Waals surface area contributed by atoms with Crippen LogP contribution >= 0.6 is 0 Å². The maximum atomic E-state index is 11.6. The van der Waals surface area contributed by atoms with Crippen molar-refractivity contribution in [1.29, 1.82) is 0 Å². The molecule has 2 heterocycles. The highest BCUT2D eigenvalue weighted by Gasteiger charge is 2.17. The summed E-state index contributed by atoms with van der Waals surface area (Å²) >= 11 is 0. The molecule has 0 atom stereocenters. The zero-order valence-electron chi connectivity index (χ0n) is 23.1. The van der Waals surface area contributed by atoms with Gasteiger partial charge in [-0.2, -0.15) is 0 Å². The Hall–Kier alpha value is -3.20. The fourth-order valence-corrected chi connectivity index (χ4v) is 3.43. The minimum Gasteiger partial charge on any atom is -0.381 e. The van der Waals surface area contributed by atoms with Crippen LogP contribution in [0.3, 0.4) is 0 Å². The molecule has 1 aromatic rings. The van der Waals surface area contributed by atoms with Gasteiger partial charge < -0.3 is 25.6 Å². The molecule has 2 aliphatic rings. The summed E-state index contributed by atoms with van der Waals surface area (Å²) in [6.07, 6.45) is 5.04. The average Bonchev–Trinajstić information content (AvgIpc) is 3.42. The van der Waals surface area contributed by atoms with E-state index < -0.39 is 0 Å². The quantitative estimate of drug-likeness (QED) is 0.327. The first-order chi connectivity index (χ1) is 17.8. The summed E-state index contributed by atoms with van der Waals surface area (Å²) < 4.78 is 5.05. The van der Waals surface area contributed by atoms with E-state index in [2.05, 4.69) is 41.7 Å². The van der Waals surface area contributed by atoms with Crippen LogP contribution in [0.1, 0.15) is 65.0 Å². The fourth-order valence-electron chi connectivity index (χ4n) is 3.43. The van der Waals surface area contributed by atoms with Crippen molar-refractivity contribution in [3.05, 3.63) is 41.1 Å². The average molecular weight is 516 g/mol. The third kappa shape index (κ3) is 14.2. The van der Waals surface area contributed by atoms with Gasteiger partial charge in [0.25, 0.3) is 0 Å². The second-order valence-electron chi connectivity index (χ2n) is 9.39. The van der Waals surface area contributed by atoms with Gasteiger partial charge in [0.1, 0.15) is 0 Å². The van der Waals surface area contributed by atoms with E-state index in [4.69, 9.17) is 4.74 Å². The third-order valence-corrected chi connectivity index (χ3v) is 5.22. The van der Waals surface area contributed by atoms with Crippen molar-refractivity contribution in [2.75, 3.05) is 39.4 Å². The summed E-state index contributed by atoms with van der Waals surface area (Å²) in [5.74, 6) is 0.725.